The average Bonchev–Trinajstić information content (AvgIpc) is 3.13. The minimum absolute atomic E-state index is 0.230. The summed E-state index contributed by atoms with van der Waals surface area (Å²) in [5.74, 6) is 7.07. The van der Waals surface area contributed by atoms with Gasteiger partial charge in [0.05, 0.1) is 11.9 Å². The monoisotopic (exact) mass is 352 g/mol. The van der Waals surface area contributed by atoms with E-state index in [2.05, 4.69) is 43.1 Å². The van der Waals surface area contributed by atoms with E-state index in [9.17, 15) is 4.39 Å². The van der Waals surface area contributed by atoms with Gasteiger partial charge in [0.2, 0.25) is 0 Å². The number of hydrogen-bond acceptors (Lipinski definition) is 5. The van der Waals surface area contributed by atoms with Crippen molar-refractivity contribution in [2.24, 2.45) is 0 Å². The van der Waals surface area contributed by atoms with E-state index in [1.165, 1.54) is 12.1 Å². The van der Waals surface area contributed by atoms with Crippen LogP contribution in [0.25, 0.3) is 10.2 Å². The second-order valence-corrected chi connectivity index (χ2v) is 6.80. The molecule has 1 aromatic carbocycles. The van der Waals surface area contributed by atoms with E-state index in [1.807, 2.05) is 0 Å². The molecule has 4 rings (SSSR count). The smallest absolute Gasteiger partial charge is 0.140 e. The third-order valence-corrected chi connectivity index (χ3v) is 5.11. The van der Waals surface area contributed by atoms with E-state index >= 15 is 0 Å². The lowest BCUT2D eigenvalue weighted by molar-refractivity contribution is 0.287. The van der Waals surface area contributed by atoms with Crippen LogP contribution in [-0.2, 0) is 0 Å². The van der Waals surface area contributed by atoms with Crippen LogP contribution in [0.4, 0.5) is 10.2 Å². The molecule has 6 heteroatoms. The van der Waals surface area contributed by atoms with Crippen LogP contribution in [0, 0.1) is 17.7 Å². The number of thiophene rings is 1. The summed E-state index contributed by atoms with van der Waals surface area (Å²) in [6, 6.07) is 8.39. The summed E-state index contributed by atoms with van der Waals surface area (Å²) in [4.78, 5) is 14.5. The molecule has 126 valence electrons. The summed E-state index contributed by atoms with van der Waals surface area (Å²) in [7, 11) is 0. The molecule has 1 aliphatic rings. The van der Waals surface area contributed by atoms with Gasteiger partial charge in [-0.25, -0.2) is 14.4 Å². The maximum Gasteiger partial charge on any atom is 0.140 e. The van der Waals surface area contributed by atoms with Crippen molar-refractivity contribution in [2.75, 3.05) is 37.6 Å². The van der Waals surface area contributed by atoms with Gasteiger partial charge >= 0.3 is 0 Å². The van der Waals surface area contributed by atoms with Crippen LogP contribution < -0.4 is 4.90 Å². The van der Waals surface area contributed by atoms with Crippen molar-refractivity contribution in [3.8, 4) is 11.8 Å². The molecule has 0 atom stereocenters. The van der Waals surface area contributed by atoms with Gasteiger partial charge in [0.25, 0.3) is 0 Å². The van der Waals surface area contributed by atoms with E-state index in [-0.39, 0.29) is 5.82 Å². The van der Waals surface area contributed by atoms with Gasteiger partial charge in [-0.1, -0.05) is 11.8 Å². The highest BCUT2D eigenvalue weighted by atomic mass is 32.1. The largest absolute Gasteiger partial charge is 0.353 e. The molecular weight excluding hydrogens is 335 g/mol. The number of aromatic nitrogens is 2. The zero-order valence-electron chi connectivity index (χ0n) is 13.7. The number of rotatable bonds is 2. The summed E-state index contributed by atoms with van der Waals surface area (Å²) in [6.07, 6.45) is 1.65. The molecule has 0 saturated carbocycles. The molecule has 0 unspecified atom stereocenters. The van der Waals surface area contributed by atoms with Crippen molar-refractivity contribution in [2.45, 2.75) is 0 Å². The van der Waals surface area contributed by atoms with Crippen LogP contribution >= 0.6 is 11.3 Å². The van der Waals surface area contributed by atoms with Crippen molar-refractivity contribution in [3.05, 3.63) is 53.4 Å². The van der Waals surface area contributed by atoms with E-state index < -0.39 is 0 Å². The van der Waals surface area contributed by atoms with Gasteiger partial charge in [-0.15, -0.1) is 11.3 Å². The Hall–Kier alpha value is -2.49. The van der Waals surface area contributed by atoms with Gasteiger partial charge in [-0.05, 0) is 35.7 Å². The SMILES string of the molecule is Fc1ccc(C#CCN2CCN(c3ncnc4sccc34)CC2)cc1. The molecule has 2 aromatic heterocycles. The minimum atomic E-state index is -0.230. The first-order valence-electron chi connectivity index (χ1n) is 8.19. The molecule has 3 aromatic rings. The van der Waals surface area contributed by atoms with Crippen molar-refractivity contribution < 1.29 is 4.39 Å². The van der Waals surface area contributed by atoms with Crippen LogP contribution in [0.15, 0.2) is 42.0 Å². The second-order valence-electron chi connectivity index (χ2n) is 5.91. The zero-order chi connectivity index (χ0) is 17.1. The van der Waals surface area contributed by atoms with E-state index in [1.54, 1.807) is 29.8 Å². The number of halogens is 1. The summed E-state index contributed by atoms with van der Waals surface area (Å²) < 4.78 is 12.9. The average molecular weight is 352 g/mol. The first kappa shape index (κ1) is 16.0. The topological polar surface area (TPSA) is 32.3 Å². The lowest BCUT2D eigenvalue weighted by Crippen LogP contribution is -2.46. The second kappa shape index (κ2) is 7.18. The van der Waals surface area contributed by atoms with Crippen molar-refractivity contribution in [3.63, 3.8) is 0 Å². The molecule has 0 spiro atoms. The van der Waals surface area contributed by atoms with Crippen LogP contribution in [0.1, 0.15) is 5.56 Å². The highest BCUT2D eigenvalue weighted by molar-refractivity contribution is 7.16. The van der Waals surface area contributed by atoms with Crippen molar-refractivity contribution in [1.82, 2.24) is 14.9 Å². The Morgan fingerprint density at radius 2 is 1.84 bits per heavy atom. The van der Waals surface area contributed by atoms with E-state index in [0.717, 1.165) is 54.3 Å². The standard InChI is InChI=1S/C19H17FN4S/c20-16-5-3-15(4-6-16)2-1-8-23-9-11-24(12-10-23)18-17-7-13-25-19(17)22-14-21-18/h3-7,13-14H,8-12H2. The Bertz CT molecular complexity index is 918. The van der Waals surface area contributed by atoms with E-state index in [0.29, 0.717) is 0 Å². The van der Waals surface area contributed by atoms with Gasteiger partial charge in [-0.2, -0.15) is 0 Å². The third kappa shape index (κ3) is 3.63. The number of fused-ring (bicyclic) bond motifs is 1. The number of piperazine rings is 1. The number of benzene rings is 1. The summed E-state index contributed by atoms with van der Waals surface area (Å²) >= 11 is 1.65. The summed E-state index contributed by atoms with van der Waals surface area (Å²) in [5.41, 5.74) is 0.848. The molecule has 25 heavy (non-hydrogen) atoms. The molecule has 4 nitrogen and oxygen atoms in total. The molecular formula is C19H17FN4S. The Kier molecular flexibility index (Phi) is 4.59. The molecule has 1 saturated heterocycles. The van der Waals surface area contributed by atoms with Gasteiger partial charge in [0.1, 0.15) is 22.8 Å². The highest BCUT2D eigenvalue weighted by Gasteiger charge is 2.19. The van der Waals surface area contributed by atoms with Crippen LogP contribution in [0.3, 0.4) is 0 Å². The zero-order valence-corrected chi connectivity index (χ0v) is 14.5. The molecule has 0 radical (unpaired) electrons. The predicted molar refractivity (Wildman–Crippen MR) is 99.3 cm³/mol. The molecule has 0 N–H and O–H groups in total. The van der Waals surface area contributed by atoms with Crippen LogP contribution in [-0.4, -0.2) is 47.6 Å². The van der Waals surface area contributed by atoms with Gasteiger partial charge in [0, 0.05) is 31.7 Å². The lowest BCUT2D eigenvalue weighted by atomic mass is 10.2. The quantitative estimate of drug-likeness (QED) is 0.664. The van der Waals surface area contributed by atoms with Gasteiger partial charge in [-0.3, -0.25) is 4.90 Å². The fourth-order valence-corrected chi connectivity index (χ4v) is 3.66. The number of hydrogen-bond donors (Lipinski definition) is 0. The summed E-state index contributed by atoms with van der Waals surface area (Å²) in [5, 5.41) is 3.20. The Balaban J connectivity index is 1.36. The van der Waals surface area contributed by atoms with Crippen molar-refractivity contribution in [1.29, 1.82) is 0 Å². The first-order chi connectivity index (χ1) is 12.3. The summed E-state index contributed by atoms with van der Waals surface area (Å²) in [6.45, 7) is 4.49. The van der Waals surface area contributed by atoms with Crippen LogP contribution in [0.2, 0.25) is 0 Å². The molecule has 1 aliphatic heterocycles. The molecule has 3 heterocycles. The minimum Gasteiger partial charge on any atom is -0.353 e. The normalized spacial score (nSPS) is 15.2. The Morgan fingerprint density at radius 1 is 1.04 bits per heavy atom. The number of anilines is 1. The maximum atomic E-state index is 12.9. The third-order valence-electron chi connectivity index (χ3n) is 4.29. The first-order valence-corrected chi connectivity index (χ1v) is 9.07. The van der Waals surface area contributed by atoms with Gasteiger partial charge in [0.15, 0.2) is 0 Å². The van der Waals surface area contributed by atoms with Crippen molar-refractivity contribution >= 4 is 27.4 Å². The number of nitrogens with zero attached hydrogens (tertiary/aromatic N) is 4. The molecule has 0 amide bonds. The molecule has 0 bridgehead atoms. The van der Waals surface area contributed by atoms with E-state index in [4.69, 9.17) is 0 Å². The van der Waals surface area contributed by atoms with Gasteiger partial charge < -0.3 is 4.90 Å². The fourth-order valence-electron chi connectivity index (χ4n) is 2.93. The highest BCUT2D eigenvalue weighted by Crippen LogP contribution is 2.27. The molecule has 1 fully saturated rings. The fraction of sp³-hybridized carbons (Fsp3) is 0.263. The Labute approximate surface area is 149 Å². The van der Waals surface area contributed by atoms with Crippen LogP contribution in [0.5, 0.6) is 0 Å². The molecule has 0 aliphatic carbocycles. The maximum absolute atomic E-state index is 12.9. The lowest BCUT2D eigenvalue weighted by Gasteiger charge is -2.34. The predicted octanol–water partition coefficient (Wildman–Crippen LogP) is 3.00. The Morgan fingerprint density at radius 3 is 2.64 bits per heavy atom.